The van der Waals surface area contributed by atoms with Crippen molar-refractivity contribution < 1.29 is 4.74 Å². The van der Waals surface area contributed by atoms with E-state index < -0.39 is 0 Å². The number of hydrazine groups is 1. The Morgan fingerprint density at radius 3 is 2.35 bits per heavy atom. The molecule has 1 heterocycles. The quantitative estimate of drug-likeness (QED) is 0.598. The van der Waals surface area contributed by atoms with Gasteiger partial charge in [-0.1, -0.05) is 38.5 Å². The van der Waals surface area contributed by atoms with Crippen molar-refractivity contribution in [1.29, 1.82) is 0 Å². The summed E-state index contributed by atoms with van der Waals surface area (Å²) in [6, 6.07) is 0.464. The molecule has 1 unspecified atom stereocenters. The van der Waals surface area contributed by atoms with Gasteiger partial charge < -0.3 is 4.74 Å². The molecule has 3 fully saturated rings. The second kappa shape index (κ2) is 6.73. The van der Waals surface area contributed by atoms with Crippen molar-refractivity contribution in [1.82, 2.24) is 10.3 Å². The van der Waals surface area contributed by atoms with Crippen LogP contribution in [0, 0.1) is 5.92 Å². The molecule has 3 N–H and O–H groups in total. The van der Waals surface area contributed by atoms with Gasteiger partial charge in [0.1, 0.15) is 0 Å². The summed E-state index contributed by atoms with van der Waals surface area (Å²) in [5, 5.41) is 0. The zero-order chi connectivity index (χ0) is 13.8. The molecule has 20 heavy (non-hydrogen) atoms. The standard InChI is InChI=1S/C16H31N3O/c17-18-15(13-14-5-1-2-6-14)16(7-3-4-8-16)19-9-11-20-12-10-19/h14-15,18H,1-13,17H2. The van der Waals surface area contributed by atoms with E-state index in [1.807, 2.05) is 0 Å². The molecule has 2 saturated carbocycles. The van der Waals surface area contributed by atoms with Crippen LogP contribution in [0.25, 0.3) is 0 Å². The number of hydrogen-bond donors (Lipinski definition) is 2. The van der Waals surface area contributed by atoms with Crippen LogP contribution in [0.2, 0.25) is 0 Å². The molecule has 1 aliphatic heterocycles. The van der Waals surface area contributed by atoms with Gasteiger partial charge in [0, 0.05) is 24.7 Å². The minimum Gasteiger partial charge on any atom is -0.379 e. The van der Waals surface area contributed by atoms with Crippen LogP contribution in [0.5, 0.6) is 0 Å². The van der Waals surface area contributed by atoms with E-state index in [-0.39, 0.29) is 0 Å². The van der Waals surface area contributed by atoms with Crippen LogP contribution in [-0.4, -0.2) is 42.8 Å². The molecule has 2 aliphatic carbocycles. The van der Waals surface area contributed by atoms with Crippen LogP contribution < -0.4 is 11.3 Å². The van der Waals surface area contributed by atoms with E-state index in [9.17, 15) is 0 Å². The third-order valence-electron chi connectivity index (χ3n) is 6.00. The molecule has 0 radical (unpaired) electrons. The van der Waals surface area contributed by atoms with Gasteiger partial charge in [-0.3, -0.25) is 16.2 Å². The third kappa shape index (κ3) is 2.89. The van der Waals surface area contributed by atoms with Gasteiger partial charge >= 0.3 is 0 Å². The Bertz CT molecular complexity index is 292. The summed E-state index contributed by atoms with van der Waals surface area (Å²) in [6.45, 7) is 3.95. The predicted octanol–water partition coefficient (Wildman–Crippen LogP) is 2.04. The molecule has 0 bridgehead atoms. The van der Waals surface area contributed by atoms with E-state index in [1.165, 1.54) is 57.8 Å². The second-order valence-corrected chi connectivity index (χ2v) is 7.02. The Balaban J connectivity index is 1.72. The van der Waals surface area contributed by atoms with E-state index in [4.69, 9.17) is 10.6 Å². The monoisotopic (exact) mass is 281 g/mol. The number of nitrogens with one attached hydrogen (secondary N) is 1. The van der Waals surface area contributed by atoms with Crippen molar-refractivity contribution in [2.24, 2.45) is 11.8 Å². The zero-order valence-electron chi connectivity index (χ0n) is 12.8. The summed E-state index contributed by atoms with van der Waals surface area (Å²) < 4.78 is 5.56. The van der Waals surface area contributed by atoms with Gasteiger partial charge in [-0.15, -0.1) is 0 Å². The highest BCUT2D eigenvalue weighted by Gasteiger charge is 2.46. The minimum absolute atomic E-state index is 0.307. The Kier molecular flexibility index (Phi) is 4.97. The van der Waals surface area contributed by atoms with Crippen molar-refractivity contribution in [3.63, 3.8) is 0 Å². The summed E-state index contributed by atoms with van der Waals surface area (Å²) in [5.41, 5.74) is 3.53. The predicted molar refractivity (Wildman–Crippen MR) is 81.3 cm³/mol. The maximum atomic E-state index is 6.01. The molecule has 4 nitrogen and oxygen atoms in total. The average Bonchev–Trinajstić information content (AvgIpc) is 3.18. The molecular formula is C16H31N3O. The topological polar surface area (TPSA) is 50.5 Å². The van der Waals surface area contributed by atoms with Crippen molar-refractivity contribution >= 4 is 0 Å². The summed E-state index contributed by atoms with van der Waals surface area (Å²) in [7, 11) is 0. The highest BCUT2D eigenvalue weighted by molar-refractivity contribution is 5.04. The van der Waals surface area contributed by atoms with E-state index in [2.05, 4.69) is 10.3 Å². The zero-order valence-corrected chi connectivity index (χ0v) is 12.8. The van der Waals surface area contributed by atoms with E-state index in [0.29, 0.717) is 11.6 Å². The lowest BCUT2D eigenvalue weighted by molar-refractivity contribution is -0.0389. The van der Waals surface area contributed by atoms with Gasteiger partial charge in [-0.05, 0) is 25.2 Å². The molecule has 1 atom stereocenters. The lowest BCUT2D eigenvalue weighted by Gasteiger charge is -2.48. The first kappa shape index (κ1) is 14.8. The summed E-state index contributed by atoms with van der Waals surface area (Å²) in [4.78, 5) is 2.70. The fourth-order valence-electron chi connectivity index (χ4n) is 4.90. The van der Waals surface area contributed by atoms with E-state index >= 15 is 0 Å². The number of nitrogens with two attached hydrogens (primary N) is 1. The SMILES string of the molecule is NNC(CC1CCCC1)C1(N2CCOCC2)CCCC1. The molecule has 3 aliphatic rings. The number of ether oxygens (including phenoxy) is 1. The highest BCUT2D eigenvalue weighted by atomic mass is 16.5. The summed E-state index contributed by atoms with van der Waals surface area (Å²) >= 11 is 0. The molecule has 3 rings (SSSR count). The molecule has 116 valence electrons. The highest BCUT2D eigenvalue weighted by Crippen LogP contribution is 2.42. The molecule has 0 aromatic carbocycles. The van der Waals surface area contributed by atoms with Crippen molar-refractivity contribution in [2.75, 3.05) is 26.3 Å². The van der Waals surface area contributed by atoms with Crippen molar-refractivity contribution in [3.05, 3.63) is 0 Å². The van der Waals surface area contributed by atoms with E-state index in [1.54, 1.807) is 0 Å². The fourth-order valence-corrected chi connectivity index (χ4v) is 4.90. The van der Waals surface area contributed by atoms with Gasteiger partial charge in [0.05, 0.1) is 13.2 Å². The van der Waals surface area contributed by atoms with Crippen molar-refractivity contribution in [2.45, 2.75) is 69.4 Å². The van der Waals surface area contributed by atoms with Gasteiger partial charge in [0.15, 0.2) is 0 Å². The smallest absolute Gasteiger partial charge is 0.0594 e. The Labute approximate surface area is 123 Å². The molecule has 0 aromatic heterocycles. The summed E-state index contributed by atoms with van der Waals surface area (Å²) in [5.74, 6) is 6.91. The molecule has 0 aromatic rings. The first-order valence-corrected chi connectivity index (χ1v) is 8.64. The first-order valence-electron chi connectivity index (χ1n) is 8.64. The van der Waals surface area contributed by atoms with E-state index in [0.717, 1.165) is 32.2 Å². The summed E-state index contributed by atoms with van der Waals surface area (Å²) in [6.07, 6.45) is 12.3. The maximum Gasteiger partial charge on any atom is 0.0594 e. The molecule has 1 saturated heterocycles. The Morgan fingerprint density at radius 1 is 1.10 bits per heavy atom. The van der Waals surface area contributed by atoms with Crippen LogP contribution >= 0.6 is 0 Å². The minimum atomic E-state index is 0.307. The average molecular weight is 281 g/mol. The van der Waals surface area contributed by atoms with Crippen LogP contribution in [0.4, 0.5) is 0 Å². The lowest BCUT2D eigenvalue weighted by atomic mass is 9.80. The number of nitrogens with zero attached hydrogens (tertiary/aromatic N) is 1. The number of rotatable bonds is 5. The Hall–Kier alpha value is -0.160. The van der Waals surface area contributed by atoms with Gasteiger partial charge in [0.25, 0.3) is 0 Å². The van der Waals surface area contributed by atoms with Crippen molar-refractivity contribution in [3.8, 4) is 0 Å². The molecular weight excluding hydrogens is 250 g/mol. The fraction of sp³-hybridized carbons (Fsp3) is 1.00. The maximum absolute atomic E-state index is 6.01. The normalized spacial score (nSPS) is 29.9. The lowest BCUT2D eigenvalue weighted by Crippen LogP contribution is -2.64. The largest absolute Gasteiger partial charge is 0.379 e. The van der Waals surface area contributed by atoms with Gasteiger partial charge in [-0.25, -0.2) is 0 Å². The van der Waals surface area contributed by atoms with Crippen LogP contribution in [0.15, 0.2) is 0 Å². The van der Waals surface area contributed by atoms with Gasteiger partial charge in [0.2, 0.25) is 0 Å². The number of hydrogen-bond acceptors (Lipinski definition) is 4. The second-order valence-electron chi connectivity index (χ2n) is 7.02. The van der Waals surface area contributed by atoms with Crippen LogP contribution in [0.1, 0.15) is 57.8 Å². The van der Waals surface area contributed by atoms with Crippen LogP contribution in [-0.2, 0) is 4.74 Å². The van der Waals surface area contributed by atoms with Gasteiger partial charge in [-0.2, -0.15) is 0 Å². The molecule has 0 amide bonds. The third-order valence-corrected chi connectivity index (χ3v) is 6.00. The Morgan fingerprint density at radius 2 is 1.75 bits per heavy atom. The molecule has 4 heteroatoms. The first-order chi connectivity index (χ1) is 9.85. The number of morpholine rings is 1. The molecule has 0 spiro atoms. The van der Waals surface area contributed by atoms with Crippen LogP contribution in [0.3, 0.4) is 0 Å².